The minimum absolute atomic E-state index is 0.227. The molecule has 0 aliphatic rings. The first kappa shape index (κ1) is 12.6. The van der Waals surface area contributed by atoms with Crippen LogP contribution in [0.2, 0.25) is 0 Å². The van der Waals surface area contributed by atoms with E-state index in [2.05, 4.69) is 11.9 Å². The maximum Gasteiger partial charge on any atom is 0.131 e. The number of aryl methyl sites for hydroxylation is 2. The second-order valence-electron chi connectivity index (χ2n) is 4.51. The van der Waals surface area contributed by atoms with E-state index in [1.807, 2.05) is 17.6 Å². The molecule has 0 saturated carbocycles. The van der Waals surface area contributed by atoms with Crippen LogP contribution in [0.25, 0.3) is 11.3 Å². The zero-order valence-corrected chi connectivity index (χ0v) is 11.0. The van der Waals surface area contributed by atoms with Gasteiger partial charge in [-0.25, -0.2) is 9.37 Å². The normalized spacial score (nSPS) is 10.9. The molecule has 0 bridgehead atoms. The zero-order valence-electron chi connectivity index (χ0n) is 11.0. The average Bonchev–Trinajstić information content (AvgIpc) is 2.61. The maximum atomic E-state index is 13.6. The van der Waals surface area contributed by atoms with Gasteiger partial charge < -0.3 is 10.3 Å². The second kappa shape index (κ2) is 4.80. The van der Waals surface area contributed by atoms with Gasteiger partial charge >= 0.3 is 0 Å². The third-order valence-electron chi connectivity index (χ3n) is 3.09. The molecular weight excluding hydrogens is 229 g/mol. The molecule has 2 aromatic rings. The summed E-state index contributed by atoms with van der Waals surface area (Å²) in [6.07, 6.45) is 0.989. The number of benzene rings is 1. The Morgan fingerprint density at radius 3 is 2.67 bits per heavy atom. The maximum absolute atomic E-state index is 13.6. The number of nitrogens with two attached hydrogens (primary N) is 1. The predicted molar refractivity (Wildman–Crippen MR) is 71.8 cm³/mol. The standard InChI is InChI=1S/C14H18FN3/c1-4-7-18-10(3)17-13(14(18)16)11-6-5-9(2)12(15)8-11/h5-6,8H,4,7,16H2,1-3H3. The first-order valence-corrected chi connectivity index (χ1v) is 6.13. The third kappa shape index (κ3) is 2.10. The zero-order chi connectivity index (χ0) is 13.3. The number of hydrogen-bond acceptors (Lipinski definition) is 2. The molecule has 0 unspecified atom stereocenters. The molecule has 2 N–H and O–H groups in total. The molecule has 0 fully saturated rings. The summed E-state index contributed by atoms with van der Waals surface area (Å²) in [5.41, 5.74) is 8.11. The Kier molecular flexibility index (Phi) is 3.36. The summed E-state index contributed by atoms with van der Waals surface area (Å²) >= 11 is 0. The van der Waals surface area contributed by atoms with E-state index in [0.717, 1.165) is 24.4 Å². The number of imidazole rings is 1. The fraction of sp³-hybridized carbons (Fsp3) is 0.357. The van der Waals surface area contributed by atoms with E-state index in [1.54, 1.807) is 13.0 Å². The summed E-state index contributed by atoms with van der Waals surface area (Å²) in [5, 5.41) is 0. The van der Waals surface area contributed by atoms with Crippen molar-refractivity contribution < 1.29 is 4.39 Å². The van der Waals surface area contributed by atoms with Crippen LogP contribution in [-0.4, -0.2) is 9.55 Å². The van der Waals surface area contributed by atoms with E-state index < -0.39 is 0 Å². The summed E-state index contributed by atoms with van der Waals surface area (Å²) in [5.74, 6) is 1.25. The lowest BCUT2D eigenvalue weighted by Gasteiger charge is -2.06. The van der Waals surface area contributed by atoms with Gasteiger partial charge in [0.05, 0.1) is 0 Å². The van der Waals surface area contributed by atoms with Gasteiger partial charge in [-0.2, -0.15) is 0 Å². The Labute approximate surface area is 106 Å². The molecule has 0 aliphatic heterocycles. The summed E-state index contributed by atoms with van der Waals surface area (Å²) in [4.78, 5) is 4.44. The highest BCUT2D eigenvalue weighted by Crippen LogP contribution is 2.27. The number of halogens is 1. The number of nitrogen functional groups attached to an aromatic ring is 1. The van der Waals surface area contributed by atoms with Gasteiger partial charge in [0, 0.05) is 12.1 Å². The van der Waals surface area contributed by atoms with Gasteiger partial charge in [-0.05, 0) is 31.9 Å². The summed E-state index contributed by atoms with van der Waals surface area (Å²) in [6, 6.07) is 5.09. The highest BCUT2D eigenvalue weighted by Gasteiger charge is 2.13. The molecule has 0 spiro atoms. The fourth-order valence-electron chi connectivity index (χ4n) is 2.04. The minimum atomic E-state index is -0.227. The van der Waals surface area contributed by atoms with Crippen molar-refractivity contribution in [2.24, 2.45) is 0 Å². The quantitative estimate of drug-likeness (QED) is 0.904. The van der Waals surface area contributed by atoms with Crippen molar-refractivity contribution in [3.05, 3.63) is 35.4 Å². The van der Waals surface area contributed by atoms with Crippen LogP contribution in [0, 0.1) is 19.7 Å². The van der Waals surface area contributed by atoms with E-state index >= 15 is 0 Å². The molecule has 1 aromatic carbocycles. The molecule has 3 nitrogen and oxygen atoms in total. The molecule has 2 rings (SSSR count). The molecule has 1 heterocycles. The summed E-state index contributed by atoms with van der Waals surface area (Å²) in [6.45, 7) is 6.58. The Morgan fingerprint density at radius 2 is 2.06 bits per heavy atom. The Bertz CT molecular complexity index is 573. The van der Waals surface area contributed by atoms with E-state index in [0.29, 0.717) is 17.1 Å². The van der Waals surface area contributed by atoms with Crippen LogP contribution in [0.3, 0.4) is 0 Å². The van der Waals surface area contributed by atoms with Crippen LogP contribution in [-0.2, 0) is 6.54 Å². The van der Waals surface area contributed by atoms with Gasteiger partial charge in [0.2, 0.25) is 0 Å². The monoisotopic (exact) mass is 247 g/mol. The number of anilines is 1. The lowest BCUT2D eigenvalue weighted by molar-refractivity contribution is 0.619. The van der Waals surface area contributed by atoms with E-state index in [1.165, 1.54) is 6.07 Å². The van der Waals surface area contributed by atoms with Crippen LogP contribution in [0.4, 0.5) is 10.2 Å². The average molecular weight is 247 g/mol. The third-order valence-corrected chi connectivity index (χ3v) is 3.09. The first-order chi connectivity index (χ1) is 8.54. The first-order valence-electron chi connectivity index (χ1n) is 6.13. The van der Waals surface area contributed by atoms with E-state index in [-0.39, 0.29) is 5.82 Å². The van der Waals surface area contributed by atoms with Gasteiger partial charge in [0.1, 0.15) is 23.2 Å². The second-order valence-corrected chi connectivity index (χ2v) is 4.51. The van der Waals surface area contributed by atoms with E-state index in [4.69, 9.17) is 5.73 Å². The molecule has 0 radical (unpaired) electrons. The molecule has 0 aliphatic carbocycles. The van der Waals surface area contributed by atoms with Crippen molar-refractivity contribution in [1.29, 1.82) is 0 Å². The van der Waals surface area contributed by atoms with Crippen molar-refractivity contribution >= 4 is 5.82 Å². The summed E-state index contributed by atoms with van der Waals surface area (Å²) in [7, 11) is 0. The highest BCUT2D eigenvalue weighted by molar-refractivity contribution is 5.71. The molecular formula is C14H18FN3. The van der Waals surface area contributed by atoms with Crippen LogP contribution < -0.4 is 5.73 Å². The van der Waals surface area contributed by atoms with Crippen molar-refractivity contribution in [1.82, 2.24) is 9.55 Å². The van der Waals surface area contributed by atoms with Crippen molar-refractivity contribution in [2.75, 3.05) is 5.73 Å². The largest absolute Gasteiger partial charge is 0.383 e. The van der Waals surface area contributed by atoms with Crippen molar-refractivity contribution in [3.63, 3.8) is 0 Å². The minimum Gasteiger partial charge on any atom is -0.383 e. The topological polar surface area (TPSA) is 43.8 Å². The molecule has 0 amide bonds. The smallest absolute Gasteiger partial charge is 0.131 e. The molecule has 18 heavy (non-hydrogen) atoms. The Balaban J connectivity index is 2.50. The molecule has 96 valence electrons. The van der Waals surface area contributed by atoms with Crippen molar-refractivity contribution in [2.45, 2.75) is 33.7 Å². The van der Waals surface area contributed by atoms with Crippen LogP contribution in [0.1, 0.15) is 24.7 Å². The van der Waals surface area contributed by atoms with Crippen molar-refractivity contribution in [3.8, 4) is 11.3 Å². The van der Waals surface area contributed by atoms with Gasteiger partial charge in [0.15, 0.2) is 0 Å². The Hall–Kier alpha value is -1.84. The lowest BCUT2D eigenvalue weighted by atomic mass is 10.1. The van der Waals surface area contributed by atoms with Gasteiger partial charge in [-0.1, -0.05) is 19.1 Å². The summed E-state index contributed by atoms with van der Waals surface area (Å²) < 4.78 is 15.5. The SMILES string of the molecule is CCCn1c(C)nc(-c2ccc(C)c(F)c2)c1N. The lowest BCUT2D eigenvalue weighted by Crippen LogP contribution is -2.04. The molecule has 0 atom stereocenters. The van der Waals surface area contributed by atoms with Gasteiger partial charge in [0.25, 0.3) is 0 Å². The Morgan fingerprint density at radius 1 is 1.33 bits per heavy atom. The van der Waals surface area contributed by atoms with Gasteiger partial charge in [-0.3, -0.25) is 0 Å². The number of aromatic nitrogens is 2. The number of nitrogens with zero attached hydrogens (tertiary/aromatic N) is 2. The van der Waals surface area contributed by atoms with Crippen LogP contribution in [0.5, 0.6) is 0 Å². The van der Waals surface area contributed by atoms with Gasteiger partial charge in [-0.15, -0.1) is 0 Å². The predicted octanol–water partition coefficient (Wildman–Crippen LogP) is 3.30. The highest BCUT2D eigenvalue weighted by atomic mass is 19.1. The van der Waals surface area contributed by atoms with Crippen LogP contribution in [0.15, 0.2) is 18.2 Å². The van der Waals surface area contributed by atoms with E-state index in [9.17, 15) is 4.39 Å². The number of hydrogen-bond donors (Lipinski definition) is 1. The van der Waals surface area contributed by atoms with Crippen LogP contribution >= 0.6 is 0 Å². The molecule has 0 saturated heterocycles. The number of rotatable bonds is 3. The molecule has 4 heteroatoms. The fourth-order valence-corrected chi connectivity index (χ4v) is 2.04. The molecule has 1 aromatic heterocycles.